The standard InChI is InChI=1S/C20H19F4NO2/c21-17-7-2-5-15(11-17)19(26)25-9-3-8-18(12-25)27-13-14-4-1-6-16(10-14)20(22,23)24/h1-2,4-7,10-11,18H,3,8-9,12-13H2/t18-/m1/s1. The highest BCUT2D eigenvalue weighted by molar-refractivity contribution is 5.94. The molecule has 3 rings (SSSR count). The zero-order chi connectivity index (χ0) is 19.4. The highest BCUT2D eigenvalue weighted by atomic mass is 19.4. The van der Waals surface area contributed by atoms with Gasteiger partial charge in [-0.1, -0.05) is 18.2 Å². The number of rotatable bonds is 4. The minimum absolute atomic E-state index is 0.0383. The Bertz CT molecular complexity index is 807. The summed E-state index contributed by atoms with van der Waals surface area (Å²) in [5.41, 5.74) is -0.0120. The number of alkyl halides is 3. The van der Waals surface area contributed by atoms with E-state index in [0.717, 1.165) is 12.1 Å². The summed E-state index contributed by atoms with van der Waals surface area (Å²) < 4.78 is 57.4. The molecule has 2 aromatic carbocycles. The molecule has 1 aliphatic heterocycles. The Morgan fingerprint density at radius 2 is 1.93 bits per heavy atom. The van der Waals surface area contributed by atoms with E-state index in [-0.39, 0.29) is 24.2 Å². The molecule has 0 saturated carbocycles. The van der Waals surface area contributed by atoms with Gasteiger partial charge in [-0.15, -0.1) is 0 Å². The summed E-state index contributed by atoms with van der Waals surface area (Å²) in [6, 6.07) is 10.5. The molecule has 0 aromatic heterocycles. The number of halogens is 4. The van der Waals surface area contributed by atoms with Crippen LogP contribution in [0.2, 0.25) is 0 Å². The fourth-order valence-electron chi connectivity index (χ4n) is 3.11. The summed E-state index contributed by atoms with van der Waals surface area (Å²) in [5, 5.41) is 0. The highest BCUT2D eigenvalue weighted by Gasteiger charge is 2.30. The third kappa shape index (κ3) is 5.07. The van der Waals surface area contributed by atoms with Gasteiger partial charge in [0.15, 0.2) is 0 Å². The summed E-state index contributed by atoms with van der Waals surface area (Å²) in [5.74, 6) is -0.753. The molecule has 0 N–H and O–H groups in total. The molecule has 0 aliphatic carbocycles. The Balaban J connectivity index is 1.60. The van der Waals surface area contributed by atoms with Crippen molar-refractivity contribution in [3.05, 3.63) is 71.0 Å². The fraction of sp³-hybridized carbons (Fsp3) is 0.350. The van der Waals surface area contributed by atoms with Crippen LogP contribution >= 0.6 is 0 Å². The topological polar surface area (TPSA) is 29.5 Å². The van der Waals surface area contributed by atoms with E-state index in [1.165, 1.54) is 24.3 Å². The van der Waals surface area contributed by atoms with Gasteiger partial charge in [0.2, 0.25) is 0 Å². The van der Waals surface area contributed by atoms with Crippen LogP contribution in [0, 0.1) is 5.82 Å². The molecule has 0 radical (unpaired) electrons. The average Bonchev–Trinajstić information content (AvgIpc) is 2.65. The van der Waals surface area contributed by atoms with E-state index < -0.39 is 17.6 Å². The fourth-order valence-corrected chi connectivity index (χ4v) is 3.11. The summed E-state index contributed by atoms with van der Waals surface area (Å²) in [4.78, 5) is 14.1. The molecule has 1 aliphatic rings. The van der Waals surface area contributed by atoms with Gasteiger partial charge in [-0.3, -0.25) is 4.79 Å². The minimum Gasteiger partial charge on any atom is -0.372 e. The molecule has 0 unspecified atom stereocenters. The molecule has 3 nitrogen and oxygen atoms in total. The van der Waals surface area contributed by atoms with Crippen LogP contribution in [-0.4, -0.2) is 30.0 Å². The molecule has 1 fully saturated rings. The van der Waals surface area contributed by atoms with Gasteiger partial charge in [0.25, 0.3) is 5.91 Å². The van der Waals surface area contributed by atoms with Crippen molar-refractivity contribution in [2.24, 2.45) is 0 Å². The van der Waals surface area contributed by atoms with Crippen LogP contribution in [0.5, 0.6) is 0 Å². The van der Waals surface area contributed by atoms with Gasteiger partial charge in [0, 0.05) is 18.7 Å². The largest absolute Gasteiger partial charge is 0.416 e. The zero-order valence-corrected chi connectivity index (χ0v) is 14.5. The van der Waals surface area contributed by atoms with Gasteiger partial charge in [-0.2, -0.15) is 13.2 Å². The van der Waals surface area contributed by atoms with Crippen LogP contribution in [-0.2, 0) is 17.5 Å². The quantitative estimate of drug-likeness (QED) is 0.721. The van der Waals surface area contributed by atoms with Gasteiger partial charge in [0.05, 0.1) is 18.3 Å². The van der Waals surface area contributed by atoms with E-state index in [4.69, 9.17) is 4.74 Å². The molecule has 7 heteroatoms. The first-order chi connectivity index (χ1) is 12.8. The molecular weight excluding hydrogens is 362 g/mol. The van der Waals surface area contributed by atoms with Crippen LogP contribution in [0.15, 0.2) is 48.5 Å². The van der Waals surface area contributed by atoms with Crippen molar-refractivity contribution in [3.63, 3.8) is 0 Å². The monoisotopic (exact) mass is 381 g/mol. The predicted octanol–water partition coefficient (Wildman–Crippen LogP) is 4.67. The third-order valence-corrected chi connectivity index (χ3v) is 4.48. The molecule has 1 atom stereocenters. The highest BCUT2D eigenvalue weighted by Crippen LogP contribution is 2.30. The van der Waals surface area contributed by atoms with Crippen LogP contribution in [0.3, 0.4) is 0 Å². The van der Waals surface area contributed by atoms with Crippen molar-refractivity contribution < 1.29 is 27.1 Å². The summed E-state index contributed by atoms with van der Waals surface area (Å²) in [6.45, 7) is 0.906. The number of hydrogen-bond acceptors (Lipinski definition) is 2. The Hall–Kier alpha value is -2.41. The number of benzene rings is 2. The number of carbonyl (C=O) groups excluding carboxylic acids is 1. The number of ether oxygens (including phenoxy) is 1. The van der Waals surface area contributed by atoms with Crippen LogP contribution in [0.1, 0.15) is 34.3 Å². The number of carbonyl (C=O) groups is 1. The smallest absolute Gasteiger partial charge is 0.372 e. The van der Waals surface area contributed by atoms with Crippen molar-refractivity contribution >= 4 is 5.91 Å². The Labute approximate surface area is 154 Å². The number of nitrogens with zero attached hydrogens (tertiary/aromatic N) is 1. The van der Waals surface area contributed by atoms with Crippen LogP contribution < -0.4 is 0 Å². The maximum Gasteiger partial charge on any atom is 0.416 e. The lowest BCUT2D eigenvalue weighted by molar-refractivity contribution is -0.137. The van der Waals surface area contributed by atoms with Crippen molar-refractivity contribution in [2.75, 3.05) is 13.1 Å². The molecular formula is C20H19F4NO2. The first kappa shape index (κ1) is 19.4. The maximum absolute atomic E-state index is 13.3. The lowest BCUT2D eigenvalue weighted by atomic mass is 10.1. The molecule has 2 aromatic rings. The Kier molecular flexibility index (Phi) is 5.79. The average molecular weight is 381 g/mol. The van der Waals surface area contributed by atoms with Crippen molar-refractivity contribution in [3.8, 4) is 0 Å². The molecule has 144 valence electrons. The van der Waals surface area contributed by atoms with Crippen molar-refractivity contribution in [2.45, 2.75) is 31.7 Å². The SMILES string of the molecule is O=C(c1cccc(F)c1)N1CCC[C@@H](OCc2cccc(C(F)(F)F)c2)C1. The number of amides is 1. The van der Waals surface area contributed by atoms with Crippen LogP contribution in [0.4, 0.5) is 17.6 Å². The summed E-state index contributed by atoms with van der Waals surface area (Å²) in [7, 11) is 0. The third-order valence-electron chi connectivity index (χ3n) is 4.48. The minimum atomic E-state index is -4.39. The second-order valence-electron chi connectivity index (χ2n) is 6.53. The number of likely N-dealkylation sites (tertiary alicyclic amines) is 1. The maximum atomic E-state index is 13.3. The van der Waals surface area contributed by atoms with E-state index in [9.17, 15) is 22.4 Å². The summed E-state index contributed by atoms with van der Waals surface area (Å²) >= 11 is 0. The van der Waals surface area contributed by atoms with E-state index >= 15 is 0 Å². The van der Waals surface area contributed by atoms with E-state index in [1.807, 2.05) is 0 Å². The first-order valence-corrected chi connectivity index (χ1v) is 8.65. The van der Waals surface area contributed by atoms with Crippen molar-refractivity contribution in [1.82, 2.24) is 4.90 Å². The van der Waals surface area contributed by atoms with E-state index in [1.54, 1.807) is 17.0 Å². The normalized spacial score (nSPS) is 17.8. The van der Waals surface area contributed by atoms with Crippen molar-refractivity contribution in [1.29, 1.82) is 0 Å². The Morgan fingerprint density at radius 1 is 1.15 bits per heavy atom. The van der Waals surface area contributed by atoms with Gasteiger partial charge in [-0.05, 0) is 48.7 Å². The number of piperidine rings is 1. The van der Waals surface area contributed by atoms with Gasteiger partial charge in [0.1, 0.15) is 5.82 Å². The molecule has 1 saturated heterocycles. The molecule has 0 bridgehead atoms. The van der Waals surface area contributed by atoms with Gasteiger partial charge in [-0.25, -0.2) is 4.39 Å². The summed E-state index contributed by atoms with van der Waals surface area (Å²) in [6.07, 6.45) is -3.24. The second-order valence-corrected chi connectivity index (χ2v) is 6.53. The lowest BCUT2D eigenvalue weighted by Gasteiger charge is -2.32. The Morgan fingerprint density at radius 3 is 2.67 bits per heavy atom. The van der Waals surface area contributed by atoms with E-state index in [2.05, 4.69) is 0 Å². The molecule has 0 spiro atoms. The zero-order valence-electron chi connectivity index (χ0n) is 14.5. The lowest BCUT2D eigenvalue weighted by Crippen LogP contribution is -2.43. The van der Waals surface area contributed by atoms with Crippen LogP contribution in [0.25, 0.3) is 0 Å². The second kappa shape index (κ2) is 8.08. The first-order valence-electron chi connectivity index (χ1n) is 8.65. The number of hydrogen-bond donors (Lipinski definition) is 0. The van der Waals surface area contributed by atoms with E-state index in [0.29, 0.717) is 31.5 Å². The molecule has 27 heavy (non-hydrogen) atoms. The molecule has 1 heterocycles. The van der Waals surface area contributed by atoms with Gasteiger partial charge >= 0.3 is 6.18 Å². The molecule has 1 amide bonds. The van der Waals surface area contributed by atoms with Gasteiger partial charge < -0.3 is 9.64 Å². The predicted molar refractivity (Wildman–Crippen MR) is 91.6 cm³/mol.